The van der Waals surface area contributed by atoms with E-state index in [9.17, 15) is 10.1 Å². The molecule has 0 spiro atoms. The summed E-state index contributed by atoms with van der Waals surface area (Å²) in [4.78, 5) is 16.0. The van der Waals surface area contributed by atoms with Gasteiger partial charge in [-0.25, -0.2) is 0 Å². The Balaban J connectivity index is 1.95. The lowest BCUT2D eigenvalue weighted by atomic mass is 9.68. The van der Waals surface area contributed by atoms with Crippen LogP contribution < -0.4 is 0 Å². The van der Waals surface area contributed by atoms with E-state index in [1.807, 2.05) is 42.5 Å². The maximum atomic E-state index is 11.5. The maximum Gasteiger partial charge on any atom is 0.221 e. The van der Waals surface area contributed by atoms with Crippen molar-refractivity contribution >= 4 is 0 Å². The standard InChI is InChI=1S/C18H16N2O2/c21-20(22)16-12-14-9-10-15(16)18(14,13-6-2-1-3-7-13)17-8-4-5-11-19-17/h1-11,14-16H,12H2/t14-,15+,16+,18?/m1/s1. The summed E-state index contributed by atoms with van der Waals surface area (Å²) >= 11 is 0. The highest BCUT2D eigenvalue weighted by molar-refractivity contribution is 5.46. The number of aromatic nitrogens is 1. The number of pyridine rings is 1. The summed E-state index contributed by atoms with van der Waals surface area (Å²) < 4.78 is 0. The Morgan fingerprint density at radius 1 is 1.09 bits per heavy atom. The third-order valence-electron chi connectivity index (χ3n) is 5.18. The van der Waals surface area contributed by atoms with E-state index in [0.717, 1.165) is 11.3 Å². The molecule has 110 valence electrons. The van der Waals surface area contributed by atoms with Crippen LogP contribution in [0.5, 0.6) is 0 Å². The lowest BCUT2D eigenvalue weighted by Crippen LogP contribution is -2.38. The van der Waals surface area contributed by atoms with E-state index in [1.54, 1.807) is 6.20 Å². The molecule has 22 heavy (non-hydrogen) atoms. The van der Waals surface area contributed by atoms with Gasteiger partial charge in [0, 0.05) is 17.5 Å². The fraction of sp³-hybridized carbons (Fsp3) is 0.278. The minimum absolute atomic E-state index is 0.116. The molecule has 4 nitrogen and oxygen atoms in total. The Bertz CT molecular complexity index is 688. The van der Waals surface area contributed by atoms with Crippen molar-refractivity contribution in [2.75, 3.05) is 0 Å². The molecule has 0 saturated heterocycles. The number of nitrogens with zero attached hydrogens (tertiary/aromatic N) is 2. The monoisotopic (exact) mass is 292 g/mol. The van der Waals surface area contributed by atoms with E-state index in [-0.39, 0.29) is 16.8 Å². The van der Waals surface area contributed by atoms with Crippen molar-refractivity contribution in [3.05, 3.63) is 88.3 Å². The second-order valence-corrected chi connectivity index (χ2v) is 6.06. The topological polar surface area (TPSA) is 56.0 Å². The van der Waals surface area contributed by atoms with Gasteiger partial charge < -0.3 is 0 Å². The average molecular weight is 292 g/mol. The van der Waals surface area contributed by atoms with Gasteiger partial charge in [0.1, 0.15) is 0 Å². The normalized spacial score (nSPS) is 32.3. The predicted octanol–water partition coefficient (Wildman–Crippen LogP) is 3.22. The fourth-order valence-corrected chi connectivity index (χ4v) is 4.36. The zero-order valence-corrected chi connectivity index (χ0v) is 12.0. The van der Waals surface area contributed by atoms with Gasteiger partial charge in [-0.05, 0) is 23.6 Å². The van der Waals surface area contributed by atoms with Gasteiger partial charge in [-0.15, -0.1) is 0 Å². The van der Waals surface area contributed by atoms with Gasteiger partial charge in [0.15, 0.2) is 0 Å². The first-order valence-electron chi connectivity index (χ1n) is 7.53. The zero-order valence-electron chi connectivity index (χ0n) is 12.0. The molecule has 2 aliphatic rings. The van der Waals surface area contributed by atoms with Gasteiger partial charge in [-0.2, -0.15) is 0 Å². The van der Waals surface area contributed by atoms with E-state index >= 15 is 0 Å². The van der Waals surface area contributed by atoms with Gasteiger partial charge in [0.25, 0.3) is 0 Å². The highest BCUT2D eigenvalue weighted by atomic mass is 16.6. The van der Waals surface area contributed by atoms with Gasteiger partial charge >= 0.3 is 0 Å². The molecule has 0 amide bonds. The van der Waals surface area contributed by atoms with Crippen LogP contribution in [-0.4, -0.2) is 15.9 Å². The Morgan fingerprint density at radius 3 is 2.50 bits per heavy atom. The predicted molar refractivity (Wildman–Crippen MR) is 83.0 cm³/mol. The third kappa shape index (κ3) is 1.61. The van der Waals surface area contributed by atoms with Crippen LogP contribution in [0, 0.1) is 22.0 Å². The molecular formula is C18H16N2O2. The minimum atomic E-state index is -0.530. The number of fused-ring (bicyclic) bond motifs is 2. The Labute approximate surface area is 128 Å². The second kappa shape index (κ2) is 4.77. The molecule has 4 rings (SSSR count). The molecule has 0 aliphatic heterocycles. The lowest BCUT2D eigenvalue weighted by Gasteiger charge is -2.34. The first-order valence-corrected chi connectivity index (χ1v) is 7.53. The van der Waals surface area contributed by atoms with E-state index in [1.165, 1.54) is 0 Å². The molecule has 1 saturated carbocycles. The summed E-state index contributed by atoms with van der Waals surface area (Å²) in [6.07, 6.45) is 6.54. The van der Waals surface area contributed by atoms with Crippen LogP contribution in [0.2, 0.25) is 0 Å². The Kier molecular flexibility index (Phi) is 2.86. The van der Waals surface area contributed by atoms with Crippen molar-refractivity contribution in [3.8, 4) is 0 Å². The summed E-state index contributed by atoms with van der Waals surface area (Å²) in [7, 11) is 0. The van der Waals surface area contributed by atoms with Crippen molar-refractivity contribution in [1.29, 1.82) is 0 Å². The Morgan fingerprint density at radius 2 is 1.86 bits per heavy atom. The van der Waals surface area contributed by atoms with Crippen molar-refractivity contribution in [1.82, 2.24) is 4.98 Å². The molecule has 0 N–H and O–H groups in total. The lowest BCUT2D eigenvalue weighted by molar-refractivity contribution is -0.527. The molecule has 1 heterocycles. The molecule has 1 aromatic carbocycles. The fourth-order valence-electron chi connectivity index (χ4n) is 4.36. The number of allylic oxidation sites excluding steroid dienone is 1. The van der Waals surface area contributed by atoms with E-state index in [4.69, 9.17) is 0 Å². The first-order chi connectivity index (χ1) is 10.7. The molecular weight excluding hydrogens is 276 g/mol. The molecule has 1 unspecified atom stereocenters. The number of rotatable bonds is 3. The van der Waals surface area contributed by atoms with E-state index in [0.29, 0.717) is 6.42 Å². The first kappa shape index (κ1) is 13.2. The van der Waals surface area contributed by atoms with Gasteiger partial charge in [0.2, 0.25) is 6.04 Å². The highest BCUT2D eigenvalue weighted by Crippen LogP contribution is 2.58. The minimum Gasteiger partial charge on any atom is -0.264 e. The van der Waals surface area contributed by atoms with Crippen LogP contribution >= 0.6 is 0 Å². The van der Waals surface area contributed by atoms with Crippen molar-refractivity contribution < 1.29 is 4.92 Å². The summed E-state index contributed by atoms with van der Waals surface area (Å²) in [6, 6.07) is 15.4. The van der Waals surface area contributed by atoms with Gasteiger partial charge in [-0.1, -0.05) is 48.6 Å². The number of hydrogen-bond donors (Lipinski definition) is 0. The smallest absolute Gasteiger partial charge is 0.221 e. The summed E-state index contributed by atoms with van der Waals surface area (Å²) in [5.74, 6) is -0.00463. The van der Waals surface area contributed by atoms with Crippen LogP contribution in [0.3, 0.4) is 0 Å². The number of benzene rings is 1. The average Bonchev–Trinajstić information content (AvgIpc) is 3.10. The molecule has 2 bridgehead atoms. The van der Waals surface area contributed by atoms with Crippen LogP contribution in [0.15, 0.2) is 66.9 Å². The number of nitro groups is 1. The van der Waals surface area contributed by atoms with E-state index < -0.39 is 11.5 Å². The third-order valence-corrected chi connectivity index (χ3v) is 5.18. The summed E-state index contributed by atoms with van der Waals surface area (Å²) in [6.45, 7) is 0. The summed E-state index contributed by atoms with van der Waals surface area (Å²) in [5.41, 5.74) is 1.66. The molecule has 2 aliphatic carbocycles. The zero-order chi connectivity index (χ0) is 15.2. The highest BCUT2D eigenvalue weighted by Gasteiger charge is 2.63. The van der Waals surface area contributed by atoms with Crippen LogP contribution in [0.1, 0.15) is 17.7 Å². The summed E-state index contributed by atoms with van der Waals surface area (Å²) in [5, 5.41) is 11.5. The van der Waals surface area contributed by atoms with Gasteiger partial charge in [0.05, 0.1) is 17.0 Å². The van der Waals surface area contributed by atoms with Crippen molar-refractivity contribution in [2.45, 2.75) is 17.9 Å². The molecule has 0 radical (unpaired) electrons. The molecule has 4 heteroatoms. The molecule has 2 aromatic rings. The largest absolute Gasteiger partial charge is 0.264 e. The Hall–Kier alpha value is -2.49. The van der Waals surface area contributed by atoms with Gasteiger partial charge in [-0.3, -0.25) is 15.1 Å². The SMILES string of the molecule is O=[N+]([O-])[C@H]1C[C@H]2C=C[C@@H]1C2(c1ccccc1)c1ccccn1. The van der Waals surface area contributed by atoms with Crippen LogP contribution in [-0.2, 0) is 5.41 Å². The van der Waals surface area contributed by atoms with E-state index in [2.05, 4.69) is 23.2 Å². The van der Waals surface area contributed by atoms with Crippen LogP contribution in [0.25, 0.3) is 0 Å². The second-order valence-electron chi connectivity index (χ2n) is 6.06. The molecule has 4 atom stereocenters. The molecule has 1 fully saturated rings. The van der Waals surface area contributed by atoms with Crippen molar-refractivity contribution in [2.24, 2.45) is 11.8 Å². The van der Waals surface area contributed by atoms with Crippen molar-refractivity contribution in [3.63, 3.8) is 0 Å². The number of hydrogen-bond acceptors (Lipinski definition) is 3. The maximum absolute atomic E-state index is 11.5. The van der Waals surface area contributed by atoms with Crippen LogP contribution in [0.4, 0.5) is 0 Å². The quantitative estimate of drug-likeness (QED) is 0.496. The molecule has 1 aromatic heterocycles.